The molecule has 4 aromatic rings. The van der Waals surface area contributed by atoms with Crippen LogP contribution in [-0.2, 0) is 6.42 Å². The van der Waals surface area contributed by atoms with Gasteiger partial charge in [0.15, 0.2) is 5.13 Å². The van der Waals surface area contributed by atoms with Gasteiger partial charge < -0.3 is 10.3 Å². The number of thiazole rings is 1. The van der Waals surface area contributed by atoms with Gasteiger partial charge in [-0.1, -0.05) is 64.9 Å². The van der Waals surface area contributed by atoms with Crippen LogP contribution in [-0.4, -0.2) is 15.0 Å². The van der Waals surface area contributed by atoms with Gasteiger partial charge in [-0.05, 0) is 23.3 Å². The Labute approximate surface area is 164 Å². The van der Waals surface area contributed by atoms with Crippen LogP contribution < -0.4 is 5.32 Å². The largest absolute Gasteiger partial charge is 0.346 e. The van der Waals surface area contributed by atoms with Gasteiger partial charge in [0.05, 0.1) is 9.90 Å². The summed E-state index contributed by atoms with van der Waals surface area (Å²) >= 11 is 13.9. The number of aromatic nitrogens is 3. The van der Waals surface area contributed by atoms with E-state index in [1.54, 1.807) is 6.20 Å². The number of nitrogens with one attached hydrogen (secondary N) is 2. The zero-order chi connectivity index (χ0) is 17.9. The maximum atomic E-state index is 6.32. The van der Waals surface area contributed by atoms with Crippen LogP contribution in [0.2, 0.25) is 10.2 Å². The van der Waals surface area contributed by atoms with Gasteiger partial charge in [-0.2, -0.15) is 0 Å². The molecule has 0 bridgehead atoms. The Balaban J connectivity index is 1.51. The molecule has 0 amide bonds. The molecule has 7 heteroatoms. The van der Waals surface area contributed by atoms with E-state index in [1.807, 2.05) is 54.9 Å². The predicted molar refractivity (Wildman–Crippen MR) is 110 cm³/mol. The van der Waals surface area contributed by atoms with E-state index in [9.17, 15) is 0 Å². The number of benzene rings is 1. The summed E-state index contributed by atoms with van der Waals surface area (Å²) in [5.74, 6) is 0. The molecule has 4 nitrogen and oxygen atoms in total. The second-order valence-corrected chi connectivity index (χ2v) is 7.54. The first kappa shape index (κ1) is 17.1. The third-order valence-electron chi connectivity index (χ3n) is 3.87. The molecule has 0 atom stereocenters. The van der Waals surface area contributed by atoms with Gasteiger partial charge in [0.1, 0.15) is 10.8 Å². The fourth-order valence-electron chi connectivity index (χ4n) is 2.63. The number of nitrogens with zero attached hydrogens (tertiary/aromatic N) is 2. The zero-order valence-electron chi connectivity index (χ0n) is 13.5. The predicted octanol–water partition coefficient (Wildman–Crippen LogP) is 6.00. The maximum absolute atomic E-state index is 6.32. The van der Waals surface area contributed by atoms with Crippen molar-refractivity contribution < 1.29 is 0 Å². The second-order valence-electron chi connectivity index (χ2n) is 5.66. The molecule has 0 saturated heterocycles. The minimum absolute atomic E-state index is 0.509. The first-order valence-corrected chi connectivity index (χ1v) is 9.51. The van der Waals surface area contributed by atoms with E-state index in [2.05, 4.69) is 20.3 Å². The molecule has 3 heterocycles. The van der Waals surface area contributed by atoms with Crippen molar-refractivity contribution in [1.82, 2.24) is 15.0 Å². The lowest BCUT2D eigenvalue weighted by molar-refractivity contribution is 1.23. The Morgan fingerprint density at radius 3 is 2.88 bits per heavy atom. The summed E-state index contributed by atoms with van der Waals surface area (Å²) in [5, 5.41) is 6.06. The molecule has 0 fully saturated rings. The molecule has 4 rings (SSSR count). The number of aromatic amines is 1. The molecule has 0 spiro atoms. The van der Waals surface area contributed by atoms with Crippen molar-refractivity contribution in [2.45, 2.75) is 6.42 Å². The Morgan fingerprint density at radius 2 is 2.04 bits per heavy atom. The van der Waals surface area contributed by atoms with E-state index in [4.69, 9.17) is 23.2 Å². The number of hydrogen-bond acceptors (Lipinski definition) is 4. The number of pyridine rings is 1. The maximum Gasteiger partial charge on any atom is 0.188 e. The number of fused-ring (bicyclic) bond motifs is 1. The molecule has 0 saturated carbocycles. The van der Waals surface area contributed by atoms with Gasteiger partial charge in [0, 0.05) is 30.4 Å². The summed E-state index contributed by atoms with van der Waals surface area (Å²) in [5.41, 5.74) is 3.02. The van der Waals surface area contributed by atoms with Gasteiger partial charge in [0.25, 0.3) is 0 Å². The number of anilines is 1. The zero-order valence-corrected chi connectivity index (χ0v) is 15.9. The number of H-pyrrole nitrogens is 1. The van der Waals surface area contributed by atoms with Crippen LogP contribution in [0.15, 0.2) is 55.0 Å². The fourth-order valence-corrected chi connectivity index (χ4v) is 3.96. The first-order valence-electron chi connectivity index (χ1n) is 7.94. The molecule has 0 aliphatic carbocycles. The van der Waals surface area contributed by atoms with Crippen LogP contribution in [0.25, 0.3) is 17.1 Å². The standard InChI is InChI=1S/C19H14Cl2N4S/c20-14-9-15-13(10-23-18(15)24-11-14)8-16-17(21)25-19(26-16)22-7-6-12-4-2-1-3-5-12/h1-7,9-11H,8H2,(H,22,25)(H,23,24). The lowest BCUT2D eigenvalue weighted by Gasteiger charge is -1.97. The Hall–Kier alpha value is -2.34. The molecule has 26 heavy (non-hydrogen) atoms. The van der Waals surface area contributed by atoms with E-state index >= 15 is 0 Å². The van der Waals surface area contributed by atoms with Gasteiger partial charge in [-0.15, -0.1) is 0 Å². The van der Waals surface area contributed by atoms with Crippen LogP contribution in [0.3, 0.4) is 0 Å². The highest BCUT2D eigenvalue weighted by atomic mass is 35.5. The summed E-state index contributed by atoms with van der Waals surface area (Å²) in [7, 11) is 0. The molecule has 0 aliphatic rings. The average molecular weight is 401 g/mol. The van der Waals surface area contributed by atoms with E-state index in [-0.39, 0.29) is 0 Å². The quantitative estimate of drug-likeness (QED) is 0.431. The normalized spacial score (nSPS) is 11.5. The molecule has 0 aliphatic heterocycles. The average Bonchev–Trinajstić information content (AvgIpc) is 3.20. The highest BCUT2D eigenvalue weighted by Gasteiger charge is 2.13. The number of halogens is 2. The van der Waals surface area contributed by atoms with Crippen molar-refractivity contribution in [2.75, 3.05) is 5.32 Å². The Morgan fingerprint density at radius 1 is 1.19 bits per heavy atom. The van der Waals surface area contributed by atoms with Crippen molar-refractivity contribution in [2.24, 2.45) is 0 Å². The van der Waals surface area contributed by atoms with E-state index in [0.717, 1.165) is 32.2 Å². The summed E-state index contributed by atoms with van der Waals surface area (Å²) < 4.78 is 0. The molecule has 2 N–H and O–H groups in total. The molecular formula is C19H14Cl2N4S. The van der Waals surface area contributed by atoms with Crippen molar-refractivity contribution in [3.63, 3.8) is 0 Å². The lowest BCUT2D eigenvalue weighted by Crippen LogP contribution is -1.84. The number of hydrogen-bond donors (Lipinski definition) is 2. The highest BCUT2D eigenvalue weighted by molar-refractivity contribution is 7.16. The molecule has 0 radical (unpaired) electrons. The molecule has 130 valence electrons. The van der Waals surface area contributed by atoms with Crippen LogP contribution in [0.5, 0.6) is 0 Å². The summed E-state index contributed by atoms with van der Waals surface area (Å²) in [6.45, 7) is 0. The summed E-state index contributed by atoms with van der Waals surface area (Å²) in [6, 6.07) is 12.0. The Kier molecular flexibility index (Phi) is 4.93. The second kappa shape index (κ2) is 7.50. The minimum Gasteiger partial charge on any atom is -0.346 e. The minimum atomic E-state index is 0.509. The fraction of sp³-hybridized carbons (Fsp3) is 0.0526. The summed E-state index contributed by atoms with van der Waals surface area (Å²) in [4.78, 5) is 12.8. The third kappa shape index (κ3) is 3.75. The van der Waals surface area contributed by atoms with Gasteiger partial charge in [-0.25, -0.2) is 9.97 Å². The van der Waals surface area contributed by atoms with Gasteiger partial charge >= 0.3 is 0 Å². The smallest absolute Gasteiger partial charge is 0.188 e. The van der Waals surface area contributed by atoms with Crippen LogP contribution in [0.4, 0.5) is 5.13 Å². The van der Waals surface area contributed by atoms with Gasteiger partial charge in [-0.3, -0.25) is 0 Å². The highest BCUT2D eigenvalue weighted by Crippen LogP contribution is 2.31. The van der Waals surface area contributed by atoms with E-state index in [0.29, 0.717) is 16.6 Å². The summed E-state index contributed by atoms with van der Waals surface area (Å²) in [6.07, 6.45) is 8.09. The van der Waals surface area contributed by atoms with Crippen molar-refractivity contribution >= 4 is 56.8 Å². The molecular weight excluding hydrogens is 387 g/mol. The molecule has 0 unspecified atom stereocenters. The molecule has 1 aromatic carbocycles. The van der Waals surface area contributed by atoms with E-state index < -0.39 is 0 Å². The van der Waals surface area contributed by atoms with Crippen molar-refractivity contribution in [3.8, 4) is 0 Å². The van der Waals surface area contributed by atoms with Crippen LogP contribution in [0.1, 0.15) is 16.0 Å². The van der Waals surface area contributed by atoms with Crippen molar-refractivity contribution in [1.29, 1.82) is 0 Å². The SMILES string of the molecule is Clc1cnc2[nH]cc(Cc3sc(NC=Cc4ccccc4)nc3Cl)c2c1. The third-order valence-corrected chi connectivity index (χ3v) is 5.48. The first-order chi connectivity index (χ1) is 12.7. The van der Waals surface area contributed by atoms with Crippen LogP contribution in [0, 0.1) is 0 Å². The van der Waals surface area contributed by atoms with Crippen molar-refractivity contribution in [3.05, 3.63) is 81.2 Å². The monoisotopic (exact) mass is 400 g/mol. The lowest BCUT2D eigenvalue weighted by atomic mass is 10.1. The van der Waals surface area contributed by atoms with E-state index in [1.165, 1.54) is 11.3 Å². The van der Waals surface area contributed by atoms with Gasteiger partial charge in [0.2, 0.25) is 0 Å². The Bertz CT molecular complexity index is 1070. The van der Waals surface area contributed by atoms with Crippen LogP contribution >= 0.6 is 34.5 Å². The topological polar surface area (TPSA) is 53.6 Å². The number of rotatable bonds is 5. The molecule has 3 aromatic heterocycles.